The summed E-state index contributed by atoms with van der Waals surface area (Å²) in [6.45, 7) is 1.51. The maximum atomic E-state index is 12.7. The lowest BCUT2D eigenvalue weighted by Gasteiger charge is -2.15. The predicted octanol–water partition coefficient (Wildman–Crippen LogP) is 3.81. The van der Waals surface area contributed by atoms with Crippen LogP contribution in [0.15, 0.2) is 88.9 Å². The van der Waals surface area contributed by atoms with Gasteiger partial charge < -0.3 is 4.74 Å². The summed E-state index contributed by atoms with van der Waals surface area (Å²) in [5.74, 6) is 0.253. The Bertz CT molecular complexity index is 1220. The van der Waals surface area contributed by atoms with Crippen LogP contribution in [0.25, 0.3) is 0 Å². The van der Waals surface area contributed by atoms with Crippen LogP contribution in [0.4, 0.5) is 0 Å². The number of hydrogen-bond donors (Lipinski definition) is 1. The molecule has 1 aliphatic heterocycles. The first kappa shape index (κ1) is 22.7. The quantitative estimate of drug-likeness (QED) is 0.406. The fourth-order valence-electron chi connectivity index (χ4n) is 3.50. The maximum absolute atomic E-state index is 12.7. The van der Waals surface area contributed by atoms with Crippen molar-refractivity contribution in [2.75, 3.05) is 13.1 Å². The second-order valence-electron chi connectivity index (χ2n) is 7.68. The molecule has 0 spiro atoms. The lowest BCUT2D eigenvalue weighted by atomic mass is 10.2. The van der Waals surface area contributed by atoms with Gasteiger partial charge in [-0.25, -0.2) is 13.8 Å². The molecule has 1 heterocycles. The zero-order chi connectivity index (χ0) is 23.1. The Morgan fingerprint density at radius 2 is 1.70 bits per heavy atom. The zero-order valence-electron chi connectivity index (χ0n) is 18.1. The largest absolute Gasteiger partial charge is 0.489 e. The molecule has 170 valence electrons. The molecule has 0 aliphatic carbocycles. The second kappa shape index (κ2) is 10.4. The number of amides is 1. The highest BCUT2D eigenvalue weighted by Crippen LogP contribution is 2.21. The molecule has 0 atom stereocenters. The average molecular weight is 464 g/mol. The molecule has 0 aromatic heterocycles. The Morgan fingerprint density at radius 3 is 2.42 bits per heavy atom. The van der Waals surface area contributed by atoms with Gasteiger partial charge in [-0.05, 0) is 66.4 Å². The van der Waals surface area contributed by atoms with E-state index in [-0.39, 0.29) is 10.5 Å². The molecule has 3 aromatic rings. The van der Waals surface area contributed by atoms with Crippen LogP contribution < -0.4 is 10.2 Å². The van der Waals surface area contributed by atoms with E-state index in [4.69, 9.17) is 4.74 Å². The van der Waals surface area contributed by atoms with Crippen molar-refractivity contribution in [3.05, 3.63) is 95.6 Å². The molecule has 1 N–H and O–H groups in total. The maximum Gasteiger partial charge on any atom is 0.271 e. The van der Waals surface area contributed by atoms with E-state index in [2.05, 4.69) is 10.5 Å². The van der Waals surface area contributed by atoms with E-state index in [0.29, 0.717) is 19.7 Å². The van der Waals surface area contributed by atoms with Crippen LogP contribution in [0.1, 0.15) is 34.3 Å². The van der Waals surface area contributed by atoms with E-state index in [0.717, 1.165) is 29.7 Å². The van der Waals surface area contributed by atoms with Crippen molar-refractivity contribution in [2.24, 2.45) is 5.10 Å². The molecule has 1 amide bonds. The third-order valence-corrected chi connectivity index (χ3v) is 7.20. The first-order valence-electron chi connectivity index (χ1n) is 10.7. The lowest BCUT2D eigenvalue weighted by molar-refractivity contribution is 0.0955. The number of ether oxygens (including phenoxy) is 1. The van der Waals surface area contributed by atoms with Gasteiger partial charge in [-0.15, -0.1) is 0 Å². The smallest absolute Gasteiger partial charge is 0.271 e. The zero-order valence-corrected chi connectivity index (χ0v) is 18.9. The van der Waals surface area contributed by atoms with Crippen molar-refractivity contribution in [3.63, 3.8) is 0 Å². The fraction of sp³-hybridized carbons (Fsp3) is 0.200. The molecule has 0 radical (unpaired) electrons. The van der Waals surface area contributed by atoms with Gasteiger partial charge in [0, 0.05) is 18.7 Å². The summed E-state index contributed by atoms with van der Waals surface area (Å²) in [6, 6.07) is 23.3. The van der Waals surface area contributed by atoms with Gasteiger partial charge in [0.15, 0.2) is 0 Å². The van der Waals surface area contributed by atoms with Crippen molar-refractivity contribution in [1.29, 1.82) is 0 Å². The molecule has 0 bridgehead atoms. The van der Waals surface area contributed by atoms with Crippen LogP contribution in [0, 0.1) is 0 Å². The van der Waals surface area contributed by atoms with Crippen LogP contribution in [0.3, 0.4) is 0 Å². The summed E-state index contributed by atoms with van der Waals surface area (Å²) < 4.78 is 32.6. The Hall–Kier alpha value is -3.49. The third-order valence-electron chi connectivity index (χ3n) is 5.31. The number of hydrogen-bond acceptors (Lipinski definition) is 5. The van der Waals surface area contributed by atoms with Gasteiger partial charge in [0.25, 0.3) is 5.91 Å². The molecular weight excluding hydrogens is 438 g/mol. The van der Waals surface area contributed by atoms with Gasteiger partial charge in [0.2, 0.25) is 10.0 Å². The van der Waals surface area contributed by atoms with Crippen molar-refractivity contribution in [1.82, 2.24) is 9.73 Å². The standard InChI is InChI=1S/C25H25N3O4S/c29-25(22-9-6-10-24(17-22)33(30,31)28-15-4-5-16-28)27-26-18-20-11-13-23(14-12-20)32-19-21-7-2-1-3-8-21/h1-3,6-14,17-18H,4-5,15-16,19H2,(H,27,29)/b26-18+. The number of nitrogens with zero attached hydrogens (tertiary/aromatic N) is 2. The summed E-state index contributed by atoms with van der Waals surface area (Å²) in [5.41, 5.74) is 4.55. The summed E-state index contributed by atoms with van der Waals surface area (Å²) in [5, 5.41) is 3.99. The van der Waals surface area contributed by atoms with Gasteiger partial charge in [-0.1, -0.05) is 36.4 Å². The minimum atomic E-state index is -3.58. The number of nitrogens with one attached hydrogen (secondary N) is 1. The number of hydrazone groups is 1. The molecule has 0 saturated carbocycles. The molecule has 33 heavy (non-hydrogen) atoms. The van der Waals surface area contributed by atoms with E-state index in [1.54, 1.807) is 12.1 Å². The van der Waals surface area contributed by atoms with Crippen LogP contribution >= 0.6 is 0 Å². The first-order chi connectivity index (χ1) is 16.0. The van der Waals surface area contributed by atoms with Crippen molar-refractivity contribution < 1.29 is 17.9 Å². The Labute approximate surface area is 193 Å². The Morgan fingerprint density at radius 1 is 0.970 bits per heavy atom. The number of rotatable bonds is 8. The van der Waals surface area contributed by atoms with Gasteiger partial charge in [0.1, 0.15) is 12.4 Å². The third kappa shape index (κ3) is 5.85. The monoisotopic (exact) mass is 463 g/mol. The summed E-state index contributed by atoms with van der Waals surface area (Å²) in [4.78, 5) is 12.6. The van der Waals surface area contributed by atoms with E-state index < -0.39 is 15.9 Å². The average Bonchev–Trinajstić information content (AvgIpc) is 3.40. The number of sulfonamides is 1. The molecule has 7 nitrogen and oxygen atoms in total. The lowest BCUT2D eigenvalue weighted by Crippen LogP contribution is -2.28. The minimum Gasteiger partial charge on any atom is -0.489 e. The van der Waals surface area contributed by atoms with E-state index in [9.17, 15) is 13.2 Å². The van der Waals surface area contributed by atoms with Gasteiger partial charge in [-0.2, -0.15) is 9.41 Å². The Balaban J connectivity index is 1.33. The molecular formula is C25H25N3O4S. The van der Waals surface area contributed by atoms with Gasteiger partial charge >= 0.3 is 0 Å². The summed E-state index contributed by atoms with van der Waals surface area (Å²) in [6.07, 6.45) is 3.23. The predicted molar refractivity (Wildman–Crippen MR) is 127 cm³/mol. The van der Waals surface area contributed by atoms with Crippen molar-refractivity contribution in [3.8, 4) is 5.75 Å². The fourth-order valence-corrected chi connectivity index (χ4v) is 5.06. The number of carbonyl (C=O) groups excluding carboxylic acids is 1. The van der Waals surface area contributed by atoms with Crippen LogP contribution in [-0.4, -0.2) is 37.9 Å². The number of benzene rings is 3. The van der Waals surface area contributed by atoms with Crippen molar-refractivity contribution in [2.45, 2.75) is 24.3 Å². The number of carbonyl (C=O) groups is 1. The summed E-state index contributed by atoms with van der Waals surface area (Å²) >= 11 is 0. The van der Waals surface area contributed by atoms with Crippen molar-refractivity contribution >= 4 is 22.1 Å². The second-order valence-corrected chi connectivity index (χ2v) is 9.62. The normalized spacial score (nSPS) is 14.4. The van der Waals surface area contributed by atoms with Crippen LogP contribution in [-0.2, 0) is 16.6 Å². The summed E-state index contributed by atoms with van der Waals surface area (Å²) in [7, 11) is -3.58. The van der Waals surface area contributed by atoms with Crippen LogP contribution in [0.5, 0.6) is 5.75 Å². The molecule has 8 heteroatoms. The Kier molecular flexibility index (Phi) is 7.16. The van der Waals surface area contributed by atoms with Gasteiger partial charge in [0.05, 0.1) is 11.1 Å². The molecule has 1 fully saturated rings. The van der Waals surface area contributed by atoms with E-state index in [1.807, 2.05) is 54.6 Å². The van der Waals surface area contributed by atoms with E-state index in [1.165, 1.54) is 22.7 Å². The SMILES string of the molecule is O=C(N/N=C/c1ccc(OCc2ccccc2)cc1)c1cccc(S(=O)(=O)N2CCCC2)c1. The minimum absolute atomic E-state index is 0.118. The highest BCUT2D eigenvalue weighted by Gasteiger charge is 2.27. The van der Waals surface area contributed by atoms with Crippen LogP contribution in [0.2, 0.25) is 0 Å². The molecule has 1 saturated heterocycles. The molecule has 0 unspecified atom stereocenters. The molecule has 4 rings (SSSR count). The van der Waals surface area contributed by atoms with E-state index >= 15 is 0 Å². The molecule has 3 aromatic carbocycles. The highest BCUT2D eigenvalue weighted by molar-refractivity contribution is 7.89. The molecule has 1 aliphatic rings. The topological polar surface area (TPSA) is 88.1 Å². The highest BCUT2D eigenvalue weighted by atomic mass is 32.2. The van der Waals surface area contributed by atoms with Gasteiger partial charge in [-0.3, -0.25) is 4.79 Å². The first-order valence-corrected chi connectivity index (χ1v) is 12.2.